The summed E-state index contributed by atoms with van der Waals surface area (Å²) in [6.07, 6.45) is 1.22. The van der Waals surface area contributed by atoms with E-state index in [4.69, 9.17) is 4.42 Å². The average molecular weight is 413 g/mol. The SMILES string of the molecule is N#CC1(C#N)C(c2ccco2)C[C@@](O)(c2ccccc2)[C@H]([N+](=O)[O-])[C@H]1c1ccccc1. The quantitative estimate of drug-likeness (QED) is 0.507. The summed E-state index contributed by atoms with van der Waals surface area (Å²) in [6.45, 7) is 0. The van der Waals surface area contributed by atoms with Gasteiger partial charge < -0.3 is 9.52 Å². The number of nitriles is 2. The summed E-state index contributed by atoms with van der Waals surface area (Å²) in [6, 6.07) is 22.7. The predicted molar refractivity (Wildman–Crippen MR) is 110 cm³/mol. The van der Waals surface area contributed by atoms with Crippen LogP contribution in [0.2, 0.25) is 0 Å². The van der Waals surface area contributed by atoms with Crippen LogP contribution in [0.1, 0.15) is 35.1 Å². The van der Waals surface area contributed by atoms with Crippen molar-refractivity contribution < 1.29 is 14.4 Å². The lowest BCUT2D eigenvalue weighted by molar-refractivity contribution is -0.559. The minimum atomic E-state index is -1.93. The van der Waals surface area contributed by atoms with E-state index >= 15 is 0 Å². The molecule has 0 bridgehead atoms. The van der Waals surface area contributed by atoms with Gasteiger partial charge in [-0.15, -0.1) is 0 Å². The molecule has 0 saturated heterocycles. The normalized spacial score (nSPS) is 27.0. The zero-order valence-electron chi connectivity index (χ0n) is 16.5. The Morgan fingerprint density at radius 2 is 1.61 bits per heavy atom. The zero-order valence-corrected chi connectivity index (χ0v) is 16.5. The molecule has 31 heavy (non-hydrogen) atoms. The van der Waals surface area contributed by atoms with Crippen molar-refractivity contribution in [1.82, 2.24) is 0 Å². The fourth-order valence-electron chi connectivity index (χ4n) is 4.89. The second-order valence-corrected chi connectivity index (χ2v) is 7.77. The zero-order chi connectivity index (χ0) is 22.1. The van der Waals surface area contributed by atoms with Crippen LogP contribution in [0.5, 0.6) is 0 Å². The van der Waals surface area contributed by atoms with E-state index in [9.17, 15) is 25.7 Å². The van der Waals surface area contributed by atoms with Gasteiger partial charge in [-0.05, 0) is 29.7 Å². The lowest BCUT2D eigenvalue weighted by atomic mass is 9.52. The Bertz CT molecular complexity index is 1140. The van der Waals surface area contributed by atoms with Crippen molar-refractivity contribution in [3.05, 3.63) is 106 Å². The molecule has 7 nitrogen and oxygen atoms in total. The van der Waals surface area contributed by atoms with Gasteiger partial charge in [-0.3, -0.25) is 10.1 Å². The van der Waals surface area contributed by atoms with Crippen molar-refractivity contribution in [1.29, 1.82) is 10.5 Å². The lowest BCUT2D eigenvalue weighted by Crippen LogP contribution is -2.59. The molecule has 1 aromatic heterocycles. The van der Waals surface area contributed by atoms with Crippen LogP contribution in [0.3, 0.4) is 0 Å². The van der Waals surface area contributed by atoms with Gasteiger partial charge in [0.2, 0.25) is 0 Å². The third-order valence-electron chi connectivity index (χ3n) is 6.28. The first-order valence-electron chi connectivity index (χ1n) is 9.80. The molecule has 1 fully saturated rings. The highest BCUT2D eigenvalue weighted by molar-refractivity contribution is 5.43. The van der Waals surface area contributed by atoms with Gasteiger partial charge in [0.25, 0.3) is 6.04 Å². The van der Waals surface area contributed by atoms with Crippen LogP contribution < -0.4 is 0 Å². The second kappa shape index (κ2) is 7.71. The Hall–Kier alpha value is -3.94. The summed E-state index contributed by atoms with van der Waals surface area (Å²) in [5, 5.41) is 44.9. The summed E-state index contributed by atoms with van der Waals surface area (Å²) >= 11 is 0. The third-order valence-corrected chi connectivity index (χ3v) is 6.28. The molecule has 1 unspecified atom stereocenters. The van der Waals surface area contributed by atoms with E-state index in [0.717, 1.165) is 0 Å². The molecule has 1 heterocycles. The number of benzene rings is 2. The maximum absolute atomic E-state index is 12.4. The van der Waals surface area contributed by atoms with Crippen LogP contribution in [0.25, 0.3) is 0 Å². The van der Waals surface area contributed by atoms with Crippen LogP contribution in [-0.2, 0) is 5.60 Å². The number of furan rings is 1. The molecular formula is C24H19N3O4. The van der Waals surface area contributed by atoms with Crippen molar-refractivity contribution in [3.63, 3.8) is 0 Å². The molecule has 0 amide bonds. The largest absolute Gasteiger partial charge is 0.469 e. The highest BCUT2D eigenvalue weighted by Gasteiger charge is 2.68. The Kier molecular flexibility index (Phi) is 5.06. The molecule has 1 aliphatic rings. The molecule has 7 heteroatoms. The molecule has 3 aromatic rings. The molecule has 1 N–H and O–H groups in total. The van der Waals surface area contributed by atoms with Crippen LogP contribution in [-0.4, -0.2) is 16.1 Å². The minimum absolute atomic E-state index is 0.208. The van der Waals surface area contributed by atoms with Crippen molar-refractivity contribution >= 4 is 0 Å². The summed E-state index contributed by atoms with van der Waals surface area (Å²) in [4.78, 5) is 11.9. The van der Waals surface area contributed by atoms with Crippen LogP contribution in [0, 0.1) is 38.2 Å². The molecule has 0 radical (unpaired) electrons. The Balaban J connectivity index is 2.05. The van der Waals surface area contributed by atoms with Crippen LogP contribution in [0.15, 0.2) is 83.5 Å². The van der Waals surface area contributed by atoms with Gasteiger partial charge in [-0.1, -0.05) is 60.7 Å². The molecule has 4 rings (SSSR count). The van der Waals surface area contributed by atoms with Gasteiger partial charge in [-0.2, -0.15) is 10.5 Å². The van der Waals surface area contributed by atoms with Crippen molar-refractivity contribution in [2.24, 2.45) is 5.41 Å². The highest BCUT2D eigenvalue weighted by atomic mass is 16.6. The molecule has 1 aliphatic carbocycles. The maximum atomic E-state index is 12.4. The van der Waals surface area contributed by atoms with Crippen molar-refractivity contribution in [2.45, 2.75) is 29.9 Å². The third kappa shape index (κ3) is 3.07. The average Bonchev–Trinajstić information content (AvgIpc) is 3.34. The molecular weight excluding hydrogens is 394 g/mol. The smallest absolute Gasteiger partial charge is 0.254 e. The molecule has 0 aliphatic heterocycles. The number of aliphatic hydroxyl groups is 1. The highest BCUT2D eigenvalue weighted by Crippen LogP contribution is 2.60. The summed E-state index contributed by atoms with van der Waals surface area (Å²) < 4.78 is 5.56. The van der Waals surface area contributed by atoms with E-state index in [0.29, 0.717) is 16.9 Å². The van der Waals surface area contributed by atoms with Crippen LogP contribution in [0.4, 0.5) is 0 Å². The minimum Gasteiger partial charge on any atom is -0.469 e. The fraction of sp³-hybridized carbons (Fsp3) is 0.250. The van der Waals surface area contributed by atoms with Crippen molar-refractivity contribution in [3.8, 4) is 12.1 Å². The fourth-order valence-corrected chi connectivity index (χ4v) is 4.89. The second-order valence-electron chi connectivity index (χ2n) is 7.77. The first kappa shape index (κ1) is 20.3. The van der Waals surface area contributed by atoms with Crippen LogP contribution >= 0.6 is 0 Å². The first-order valence-corrected chi connectivity index (χ1v) is 9.80. The van der Waals surface area contributed by atoms with Gasteiger partial charge in [-0.25, -0.2) is 0 Å². The molecule has 2 aromatic carbocycles. The van der Waals surface area contributed by atoms with E-state index < -0.39 is 33.8 Å². The van der Waals surface area contributed by atoms with Gasteiger partial charge >= 0.3 is 0 Å². The summed E-state index contributed by atoms with van der Waals surface area (Å²) in [5.74, 6) is -1.75. The Labute approximate surface area is 178 Å². The molecule has 4 atom stereocenters. The van der Waals surface area contributed by atoms with Gasteiger partial charge in [0, 0.05) is 4.92 Å². The summed E-state index contributed by atoms with van der Waals surface area (Å²) in [7, 11) is 0. The van der Waals surface area contributed by atoms with E-state index in [2.05, 4.69) is 12.1 Å². The lowest BCUT2D eigenvalue weighted by Gasteiger charge is -2.48. The number of nitro groups is 1. The summed E-state index contributed by atoms with van der Waals surface area (Å²) in [5.41, 5.74) is -2.95. The van der Waals surface area contributed by atoms with E-state index in [-0.39, 0.29) is 6.42 Å². The number of rotatable bonds is 4. The van der Waals surface area contributed by atoms with E-state index in [1.807, 2.05) is 0 Å². The molecule has 154 valence electrons. The van der Waals surface area contributed by atoms with Gasteiger partial charge in [0.15, 0.2) is 11.0 Å². The number of nitrogens with zero attached hydrogens (tertiary/aromatic N) is 3. The number of hydrogen-bond donors (Lipinski definition) is 1. The predicted octanol–water partition coefficient (Wildman–Crippen LogP) is 4.12. The van der Waals surface area contributed by atoms with E-state index in [1.165, 1.54) is 6.26 Å². The van der Waals surface area contributed by atoms with Gasteiger partial charge in [0.1, 0.15) is 5.76 Å². The topological polar surface area (TPSA) is 124 Å². The Morgan fingerprint density at radius 3 is 2.13 bits per heavy atom. The van der Waals surface area contributed by atoms with E-state index in [1.54, 1.807) is 72.8 Å². The monoisotopic (exact) mass is 413 g/mol. The Morgan fingerprint density at radius 1 is 1.00 bits per heavy atom. The maximum Gasteiger partial charge on any atom is 0.254 e. The van der Waals surface area contributed by atoms with Gasteiger partial charge in [0.05, 0.1) is 30.2 Å². The first-order chi connectivity index (χ1) is 15.0. The number of hydrogen-bond acceptors (Lipinski definition) is 6. The molecule has 1 saturated carbocycles. The standard InChI is InChI=1S/C24H19N3O4/c25-15-23(16-26)19(20-12-7-13-31-20)14-24(28,18-10-5-2-6-11-18)22(27(29)30)21(23)17-8-3-1-4-9-17/h1-13,19,21-22,28H,14H2/t19?,21-,22-,24-/m1/s1. The molecule has 0 spiro atoms. The van der Waals surface area contributed by atoms with Crippen molar-refractivity contribution in [2.75, 3.05) is 0 Å².